The topological polar surface area (TPSA) is 71.1 Å². The Bertz CT molecular complexity index is 751. The molecule has 0 atom stereocenters. The van der Waals surface area contributed by atoms with E-state index in [1.54, 1.807) is 0 Å². The standard InChI is InChI=1S/C18H23N3O2S2/c1-12-10-25-17(19-12)21-16(23)11-24-14-7-5-6-13(8-14)20-15(22)9-18(2,3)4/h5-8,10H,9,11H2,1-4H3,(H,20,22)(H,19,21,23). The zero-order valence-electron chi connectivity index (χ0n) is 14.9. The number of thioether (sulfide) groups is 1. The summed E-state index contributed by atoms with van der Waals surface area (Å²) in [5.74, 6) is 0.186. The Kier molecular flexibility index (Phi) is 6.61. The molecule has 0 aliphatic rings. The van der Waals surface area contributed by atoms with Crippen molar-refractivity contribution in [1.29, 1.82) is 0 Å². The second kappa shape index (κ2) is 8.49. The number of nitrogens with one attached hydrogen (secondary N) is 2. The summed E-state index contributed by atoms with van der Waals surface area (Å²) in [6.07, 6.45) is 0.458. The number of thiazole rings is 1. The smallest absolute Gasteiger partial charge is 0.236 e. The number of hydrogen-bond acceptors (Lipinski definition) is 5. The van der Waals surface area contributed by atoms with Crippen molar-refractivity contribution in [3.05, 3.63) is 35.3 Å². The van der Waals surface area contributed by atoms with Gasteiger partial charge in [0, 0.05) is 22.4 Å². The molecule has 0 aliphatic heterocycles. The highest BCUT2D eigenvalue weighted by Crippen LogP contribution is 2.24. The van der Waals surface area contributed by atoms with Crippen LogP contribution in [0.15, 0.2) is 34.5 Å². The van der Waals surface area contributed by atoms with E-state index in [-0.39, 0.29) is 23.0 Å². The Morgan fingerprint density at radius 1 is 1.20 bits per heavy atom. The molecule has 0 saturated carbocycles. The summed E-state index contributed by atoms with van der Waals surface area (Å²) in [4.78, 5) is 29.1. The predicted molar refractivity (Wildman–Crippen MR) is 105 cm³/mol. The fourth-order valence-corrected chi connectivity index (χ4v) is 3.53. The SMILES string of the molecule is Cc1csc(NC(=O)CSc2cccc(NC(=O)CC(C)(C)C)c2)n1. The molecule has 5 nitrogen and oxygen atoms in total. The van der Waals surface area contributed by atoms with E-state index in [4.69, 9.17) is 0 Å². The Balaban J connectivity index is 1.86. The number of carbonyl (C=O) groups is 2. The van der Waals surface area contributed by atoms with Gasteiger partial charge in [0.1, 0.15) is 0 Å². The molecule has 2 N–H and O–H groups in total. The van der Waals surface area contributed by atoms with Crippen LogP contribution in [0.3, 0.4) is 0 Å². The third kappa shape index (κ3) is 7.27. The van der Waals surface area contributed by atoms with Crippen molar-refractivity contribution in [2.24, 2.45) is 5.41 Å². The van der Waals surface area contributed by atoms with Gasteiger partial charge >= 0.3 is 0 Å². The van der Waals surface area contributed by atoms with Crippen molar-refractivity contribution in [3.8, 4) is 0 Å². The average molecular weight is 378 g/mol. The first-order chi connectivity index (χ1) is 11.7. The van der Waals surface area contributed by atoms with Crippen molar-refractivity contribution in [1.82, 2.24) is 4.98 Å². The molecule has 2 rings (SSSR count). The molecule has 0 bridgehead atoms. The van der Waals surface area contributed by atoms with Crippen molar-refractivity contribution >= 4 is 45.7 Å². The molecule has 25 heavy (non-hydrogen) atoms. The minimum atomic E-state index is -0.0958. The number of hydrogen-bond donors (Lipinski definition) is 2. The minimum absolute atomic E-state index is 0.00784. The molecule has 0 fully saturated rings. The Morgan fingerprint density at radius 3 is 2.60 bits per heavy atom. The summed E-state index contributed by atoms with van der Waals surface area (Å²) in [5, 5.41) is 8.20. The van der Waals surface area contributed by atoms with Crippen LogP contribution >= 0.6 is 23.1 Å². The number of nitrogens with zero attached hydrogens (tertiary/aromatic N) is 1. The summed E-state index contributed by atoms with van der Waals surface area (Å²) in [7, 11) is 0. The largest absolute Gasteiger partial charge is 0.326 e. The van der Waals surface area contributed by atoms with Gasteiger partial charge < -0.3 is 10.6 Å². The molecule has 2 amide bonds. The number of carbonyl (C=O) groups excluding carboxylic acids is 2. The fourth-order valence-electron chi connectivity index (χ4n) is 2.07. The highest BCUT2D eigenvalue weighted by atomic mass is 32.2. The van der Waals surface area contributed by atoms with Crippen LogP contribution in [0.2, 0.25) is 0 Å². The molecule has 1 aromatic heterocycles. The summed E-state index contributed by atoms with van der Waals surface area (Å²) >= 11 is 2.84. The van der Waals surface area contributed by atoms with E-state index in [1.807, 2.05) is 57.3 Å². The van der Waals surface area contributed by atoms with E-state index >= 15 is 0 Å². The maximum absolute atomic E-state index is 12.0. The Hall–Kier alpha value is -1.86. The molecule has 2 aromatic rings. The molecule has 1 aromatic carbocycles. The third-order valence-corrected chi connectivity index (χ3v) is 4.91. The van der Waals surface area contributed by atoms with Crippen LogP contribution in [-0.4, -0.2) is 22.6 Å². The molecular weight excluding hydrogens is 354 g/mol. The molecular formula is C18H23N3O2S2. The van der Waals surface area contributed by atoms with Crippen LogP contribution < -0.4 is 10.6 Å². The monoisotopic (exact) mass is 377 g/mol. The summed E-state index contributed by atoms with van der Waals surface area (Å²) in [6, 6.07) is 7.52. The minimum Gasteiger partial charge on any atom is -0.326 e. The second-order valence-electron chi connectivity index (χ2n) is 6.94. The zero-order valence-corrected chi connectivity index (χ0v) is 16.5. The first kappa shape index (κ1) is 19.5. The first-order valence-corrected chi connectivity index (χ1v) is 9.82. The quantitative estimate of drug-likeness (QED) is 0.724. The van der Waals surface area contributed by atoms with Crippen molar-refractivity contribution in [2.45, 2.75) is 39.0 Å². The maximum atomic E-state index is 12.0. The van der Waals surface area contributed by atoms with E-state index in [2.05, 4.69) is 15.6 Å². The fraction of sp³-hybridized carbons (Fsp3) is 0.389. The zero-order chi connectivity index (χ0) is 18.4. The highest BCUT2D eigenvalue weighted by Gasteiger charge is 2.16. The Morgan fingerprint density at radius 2 is 1.96 bits per heavy atom. The first-order valence-electron chi connectivity index (χ1n) is 7.96. The molecule has 7 heteroatoms. The maximum Gasteiger partial charge on any atom is 0.236 e. The number of rotatable bonds is 6. The predicted octanol–water partition coefficient (Wildman–Crippen LogP) is 4.56. The van der Waals surface area contributed by atoms with Crippen molar-refractivity contribution < 1.29 is 9.59 Å². The van der Waals surface area contributed by atoms with Gasteiger partial charge in [0.25, 0.3) is 0 Å². The van der Waals surface area contributed by atoms with Crippen LogP contribution in [0.25, 0.3) is 0 Å². The third-order valence-electron chi connectivity index (χ3n) is 3.04. The summed E-state index contributed by atoms with van der Waals surface area (Å²) in [6.45, 7) is 7.98. The van der Waals surface area contributed by atoms with Gasteiger partial charge in [-0.15, -0.1) is 23.1 Å². The van der Waals surface area contributed by atoms with Gasteiger partial charge in [0.15, 0.2) is 5.13 Å². The van der Waals surface area contributed by atoms with E-state index in [0.29, 0.717) is 11.6 Å². The van der Waals surface area contributed by atoms with Crippen LogP contribution in [0.5, 0.6) is 0 Å². The summed E-state index contributed by atoms with van der Waals surface area (Å²) < 4.78 is 0. The molecule has 0 radical (unpaired) electrons. The van der Waals surface area contributed by atoms with E-state index < -0.39 is 0 Å². The van der Waals surface area contributed by atoms with Gasteiger partial charge in [-0.1, -0.05) is 26.8 Å². The van der Waals surface area contributed by atoms with Crippen molar-refractivity contribution in [2.75, 3.05) is 16.4 Å². The van der Waals surface area contributed by atoms with E-state index in [1.165, 1.54) is 23.1 Å². The van der Waals surface area contributed by atoms with Crippen LogP contribution in [-0.2, 0) is 9.59 Å². The molecule has 1 heterocycles. The van der Waals surface area contributed by atoms with Gasteiger partial charge in [-0.3, -0.25) is 9.59 Å². The van der Waals surface area contributed by atoms with Crippen molar-refractivity contribution in [3.63, 3.8) is 0 Å². The van der Waals surface area contributed by atoms with E-state index in [0.717, 1.165) is 16.3 Å². The second-order valence-corrected chi connectivity index (χ2v) is 8.85. The van der Waals surface area contributed by atoms with Gasteiger partial charge in [-0.2, -0.15) is 0 Å². The highest BCUT2D eigenvalue weighted by molar-refractivity contribution is 8.00. The number of aromatic nitrogens is 1. The van der Waals surface area contributed by atoms with Crippen LogP contribution in [0.1, 0.15) is 32.9 Å². The number of amides is 2. The number of aryl methyl sites for hydroxylation is 1. The van der Waals surface area contributed by atoms with E-state index in [9.17, 15) is 9.59 Å². The lowest BCUT2D eigenvalue weighted by Crippen LogP contribution is -2.19. The molecule has 0 saturated heterocycles. The Labute approximate surface area is 156 Å². The number of benzene rings is 1. The lowest BCUT2D eigenvalue weighted by atomic mass is 9.92. The van der Waals surface area contributed by atoms with Gasteiger partial charge in [-0.25, -0.2) is 4.98 Å². The molecule has 0 unspecified atom stereocenters. The molecule has 0 aliphatic carbocycles. The molecule has 0 spiro atoms. The molecule has 134 valence electrons. The average Bonchev–Trinajstić information content (AvgIpc) is 2.88. The van der Waals surface area contributed by atoms with Gasteiger partial charge in [-0.05, 0) is 30.5 Å². The lowest BCUT2D eigenvalue weighted by molar-refractivity contribution is -0.118. The summed E-state index contributed by atoms with van der Waals surface area (Å²) in [5.41, 5.74) is 1.59. The normalized spacial score (nSPS) is 11.2. The van der Waals surface area contributed by atoms with Gasteiger partial charge in [0.2, 0.25) is 11.8 Å². The lowest BCUT2D eigenvalue weighted by Gasteiger charge is -2.17. The van der Waals surface area contributed by atoms with Crippen LogP contribution in [0.4, 0.5) is 10.8 Å². The van der Waals surface area contributed by atoms with Crippen LogP contribution in [0, 0.1) is 12.3 Å². The van der Waals surface area contributed by atoms with Gasteiger partial charge in [0.05, 0.1) is 11.4 Å². The number of anilines is 2.